The Kier molecular flexibility index (Phi) is 8.26. The molecule has 282 valence electrons. The van der Waals surface area contributed by atoms with Gasteiger partial charge in [-0.15, -0.1) is 0 Å². The average molecular weight is 726 g/mol. The molecule has 0 radical (unpaired) electrons. The van der Waals surface area contributed by atoms with Gasteiger partial charge in [-0.1, -0.05) is 101 Å². The number of nitrogens with zero attached hydrogens (tertiary/aromatic N) is 11. The van der Waals surface area contributed by atoms with Crippen LogP contribution in [0, 0.1) is 34.6 Å². The number of hydrogen-bond acceptors (Lipinski definition) is 9. The number of aryl methyl sites for hydroxylation is 5. The molecule has 0 saturated carbocycles. The van der Waals surface area contributed by atoms with Crippen LogP contribution in [0.25, 0.3) is 33.4 Å². The Labute approximate surface area is 318 Å². The fourth-order valence-electron chi connectivity index (χ4n) is 7.38. The van der Waals surface area contributed by atoms with Gasteiger partial charge < -0.3 is 0 Å². The predicted octanol–water partition coefficient (Wildman–Crippen LogP) is 9.86. The van der Waals surface area contributed by atoms with Crippen LogP contribution in [0.4, 0.5) is 17.3 Å². The van der Waals surface area contributed by atoms with Crippen molar-refractivity contribution in [2.45, 2.75) is 139 Å². The van der Waals surface area contributed by atoms with E-state index in [-0.39, 0.29) is 21.7 Å². The molecule has 7 rings (SSSR count). The Balaban J connectivity index is 1.63. The van der Waals surface area contributed by atoms with Crippen molar-refractivity contribution in [2.24, 2.45) is 0 Å². The van der Waals surface area contributed by atoms with E-state index in [4.69, 9.17) is 39.9 Å². The van der Waals surface area contributed by atoms with Crippen molar-refractivity contribution in [3.8, 4) is 0 Å². The maximum Gasteiger partial charge on any atom is 0.168 e. The van der Waals surface area contributed by atoms with Gasteiger partial charge in [-0.25, -0.2) is 39.9 Å². The Bertz CT molecular complexity index is 2470. The molecule has 0 spiro atoms. The molecule has 0 bridgehead atoms. The maximum absolute atomic E-state index is 5.53. The molecular formula is C43H55N11. The number of imidazole rings is 2. The largest absolute Gasteiger partial charge is 0.282 e. The molecule has 0 aliphatic rings. The van der Waals surface area contributed by atoms with Gasteiger partial charge in [0.2, 0.25) is 0 Å². The van der Waals surface area contributed by atoms with Gasteiger partial charge in [-0.3, -0.25) is 13.7 Å². The van der Waals surface area contributed by atoms with E-state index < -0.39 is 0 Å². The summed E-state index contributed by atoms with van der Waals surface area (Å²) >= 11 is 0. The molecule has 0 saturated heterocycles. The number of anilines is 3. The van der Waals surface area contributed by atoms with E-state index in [1.807, 2.05) is 12.4 Å². The van der Waals surface area contributed by atoms with Gasteiger partial charge in [0, 0.05) is 34.1 Å². The van der Waals surface area contributed by atoms with Gasteiger partial charge in [-0.2, -0.15) is 0 Å². The number of rotatable bonds is 3. The third kappa shape index (κ3) is 5.96. The third-order valence-electron chi connectivity index (χ3n) is 10.00. The Morgan fingerprint density at radius 2 is 0.852 bits per heavy atom. The lowest BCUT2D eigenvalue weighted by Gasteiger charge is -2.27. The van der Waals surface area contributed by atoms with Crippen LogP contribution in [0.1, 0.15) is 134 Å². The van der Waals surface area contributed by atoms with E-state index >= 15 is 0 Å². The second kappa shape index (κ2) is 12.0. The van der Waals surface area contributed by atoms with Crippen LogP contribution < -0.4 is 4.90 Å². The monoisotopic (exact) mass is 725 g/mol. The first-order chi connectivity index (χ1) is 24.9. The van der Waals surface area contributed by atoms with Gasteiger partial charge >= 0.3 is 0 Å². The minimum absolute atomic E-state index is 0.234. The summed E-state index contributed by atoms with van der Waals surface area (Å²) in [5.41, 5.74) is 8.05. The van der Waals surface area contributed by atoms with E-state index in [0.717, 1.165) is 85.2 Å². The van der Waals surface area contributed by atoms with Crippen molar-refractivity contribution < 1.29 is 0 Å². The van der Waals surface area contributed by atoms with Crippen LogP contribution in [0.2, 0.25) is 0 Å². The lowest BCUT2D eigenvalue weighted by Crippen LogP contribution is -2.22. The van der Waals surface area contributed by atoms with Gasteiger partial charge in [0.25, 0.3) is 0 Å². The number of benzene rings is 1. The summed E-state index contributed by atoms with van der Waals surface area (Å²) < 4.78 is 4.38. The third-order valence-corrected chi connectivity index (χ3v) is 10.00. The molecule has 0 N–H and O–H groups in total. The second-order valence-electron chi connectivity index (χ2n) is 19.2. The first-order valence-corrected chi connectivity index (χ1v) is 18.9. The zero-order valence-corrected chi connectivity index (χ0v) is 35.2. The van der Waals surface area contributed by atoms with Crippen molar-refractivity contribution in [3.63, 3.8) is 0 Å². The van der Waals surface area contributed by atoms with Gasteiger partial charge in [0.15, 0.2) is 34.2 Å². The van der Waals surface area contributed by atoms with Crippen molar-refractivity contribution in [1.82, 2.24) is 48.7 Å². The molecule has 6 heterocycles. The Morgan fingerprint density at radius 1 is 0.481 bits per heavy atom. The fourth-order valence-corrected chi connectivity index (χ4v) is 7.38. The smallest absolute Gasteiger partial charge is 0.168 e. The standard InChI is InChI=1S/C43H55N11/c1-22-18-23(2)29(24(3)19-22)54(32-25(4)52-34(50-32)27-20-44-36(40(6,7)8)46-30(27)48-38(52)42(12,13)14)33-26(5)53-35(51-33)28-21-45-37(41(9,10)11)47-31(28)49-39(53)43(15,16)17/h18-21H,1-17H3. The quantitative estimate of drug-likeness (QED) is 0.176. The van der Waals surface area contributed by atoms with Crippen molar-refractivity contribution in [2.75, 3.05) is 4.90 Å². The highest BCUT2D eigenvalue weighted by molar-refractivity contribution is 5.94. The highest BCUT2D eigenvalue weighted by Gasteiger charge is 2.33. The highest BCUT2D eigenvalue weighted by atomic mass is 15.3. The molecule has 0 aliphatic heterocycles. The molecule has 0 amide bonds. The van der Waals surface area contributed by atoms with Crippen molar-refractivity contribution >= 4 is 50.7 Å². The van der Waals surface area contributed by atoms with Crippen molar-refractivity contribution in [1.29, 1.82) is 0 Å². The molecule has 11 heteroatoms. The Hall–Kier alpha value is -5.06. The number of fused-ring (bicyclic) bond motifs is 6. The van der Waals surface area contributed by atoms with E-state index in [0.29, 0.717) is 11.3 Å². The minimum atomic E-state index is -0.320. The lowest BCUT2D eigenvalue weighted by molar-refractivity contribution is 0.532. The zero-order chi connectivity index (χ0) is 39.6. The molecule has 0 unspecified atom stereocenters. The summed E-state index contributed by atoms with van der Waals surface area (Å²) in [5, 5.41) is 1.60. The van der Waals surface area contributed by atoms with E-state index in [1.165, 1.54) is 5.56 Å². The Morgan fingerprint density at radius 3 is 1.19 bits per heavy atom. The topological polar surface area (TPSA) is 115 Å². The average Bonchev–Trinajstić information content (AvgIpc) is 3.56. The SMILES string of the molecule is Cc1cc(C)c(N(c2nc3c4cnc(C(C)(C)C)nc4nc(C(C)(C)C)n3c2C)c2nc3c4cnc(C(C)(C)C)nc4nc(C(C)(C)C)n3c2C)c(C)c1. The van der Waals surface area contributed by atoms with Crippen LogP contribution in [0.5, 0.6) is 0 Å². The molecule has 0 fully saturated rings. The van der Waals surface area contributed by atoms with Crippen LogP contribution >= 0.6 is 0 Å². The fraction of sp³-hybridized carbons (Fsp3) is 0.488. The van der Waals surface area contributed by atoms with Gasteiger partial charge in [0.1, 0.15) is 23.3 Å². The summed E-state index contributed by atoms with van der Waals surface area (Å²) in [5.74, 6) is 4.77. The molecule has 0 atom stereocenters. The van der Waals surface area contributed by atoms with E-state index in [1.54, 1.807) is 0 Å². The lowest BCUT2D eigenvalue weighted by atomic mass is 9.95. The number of hydrogen-bond donors (Lipinski definition) is 0. The zero-order valence-electron chi connectivity index (χ0n) is 35.2. The van der Waals surface area contributed by atoms with Crippen molar-refractivity contribution in [3.05, 3.63) is 75.9 Å². The summed E-state index contributed by atoms with van der Waals surface area (Å²) in [4.78, 5) is 43.4. The summed E-state index contributed by atoms with van der Waals surface area (Å²) in [6, 6.07) is 4.45. The molecular weight excluding hydrogens is 671 g/mol. The van der Waals surface area contributed by atoms with Gasteiger partial charge in [0.05, 0.1) is 27.8 Å². The second-order valence-corrected chi connectivity index (χ2v) is 19.2. The van der Waals surface area contributed by atoms with Crippen LogP contribution in [0.15, 0.2) is 24.5 Å². The highest BCUT2D eigenvalue weighted by Crippen LogP contribution is 2.44. The normalized spacial score (nSPS) is 13.3. The molecule has 54 heavy (non-hydrogen) atoms. The molecule has 1 aromatic carbocycles. The first-order valence-electron chi connectivity index (χ1n) is 18.9. The molecule has 0 aliphatic carbocycles. The van der Waals surface area contributed by atoms with Crippen LogP contribution in [0.3, 0.4) is 0 Å². The first kappa shape index (κ1) is 37.3. The molecule has 7 aromatic rings. The van der Waals surface area contributed by atoms with Gasteiger partial charge in [-0.05, 0) is 45.7 Å². The molecule has 11 nitrogen and oxygen atoms in total. The van der Waals surface area contributed by atoms with Crippen LogP contribution in [-0.4, -0.2) is 48.7 Å². The minimum Gasteiger partial charge on any atom is -0.282 e. The van der Waals surface area contributed by atoms with Crippen LogP contribution in [-0.2, 0) is 21.7 Å². The van der Waals surface area contributed by atoms with E-state index in [9.17, 15) is 0 Å². The summed E-state index contributed by atoms with van der Waals surface area (Å²) in [7, 11) is 0. The summed E-state index contributed by atoms with van der Waals surface area (Å²) in [6.07, 6.45) is 3.77. The predicted molar refractivity (Wildman–Crippen MR) is 219 cm³/mol. The van der Waals surface area contributed by atoms with E-state index in [2.05, 4.69) is 144 Å². The number of aromatic nitrogens is 10. The maximum atomic E-state index is 5.53. The molecule has 6 aromatic heterocycles. The summed E-state index contributed by atoms with van der Waals surface area (Å²) in [6.45, 7) is 36.5.